The highest BCUT2D eigenvalue weighted by atomic mass is 14.4. The van der Waals surface area contributed by atoms with Crippen LogP contribution in [0.1, 0.15) is 52.7 Å². The molecule has 0 saturated carbocycles. The maximum absolute atomic E-state index is 2.40. The predicted molar refractivity (Wildman–Crippen MR) is 139 cm³/mol. The van der Waals surface area contributed by atoms with Crippen LogP contribution in [0.5, 0.6) is 0 Å². The first-order valence-electron chi connectivity index (χ1n) is 11.6. The van der Waals surface area contributed by atoms with E-state index in [-0.39, 0.29) is 5.41 Å². The van der Waals surface area contributed by atoms with Gasteiger partial charge >= 0.3 is 0 Å². The van der Waals surface area contributed by atoms with E-state index in [9.17, 15) is 0 Å². The molecule has 1 aliphatic rings. The van der Waals surface area contributed by atoms with Crippen molar-refractivity contribution in [3.8, 4) is 11.1 Å². The summed E-state index contributed by atoms with van der Waals surface area (Å²) < 4.78 is 0. The molecule has 0 heterocycles. The van der Waals surface area contributed by atoms with Gasteiger partial charge in [-0.05, 0) is 66.7 Å². The normalized spacial score (nSPS) is 13.1. The van der Waals surface area contributed by atoms with E-state index in [1.54, 1.807) is 0 Å². The summed E-state index contributed by atoms with van der Waals surface area (Å²) in [6.45, 7) is 12.8. The molecule has 0 saturated heterocycles. The van der Waals surface area contributed by atoms with Crippen molar-refractivity contribution in [1.82, 2.24) is 0 Å². The third-order valence-electron chi connectivity index (χ3n) is 6.40. The lowest BCUT2D eigenvalue weighted by Crippen LogP contribution is -2.15. The van der Waals surface area contributed by atoms with Crippen molar-refractivity contribution in [1.29, 1.82) is 0 Å². The van der Waals surface area contributed by atoms with Crippen molar-refractivity contribution in [3.05, 3.63) is 96.1 Å². The van der Waals surface area contributed by atoms with Crippen LogP contribution < -0.4 is 0 Å². The molecular weight excluding hydrogens is 372 g/mol. The summed E-state index contributed by atoms with van der Waals surface area (Å²) in [5.41, 5.74) is 5.69. The van der Waals surface area contributed by atoms with E-state index in [4.69, 9.17) is 0 Å². The van der Waals surface area contributed by atoms with Gasteiger partial charge in [0.15, 0.2) is 0 Å². The van der Waals surface area contributed by atoms with Crippen molar-refractivity contribution in [3.63, 3.8) is 0 Å². The van der Waals surface area contributed by atoms with Gasteiger partial charge in [0.05, 0.1) is 0 Å². The van der Waals surface area contributed by atoms with Crippen molar-refractivity contribution in [2.75, 3.05) is 0 Å². The van der Waals surface area contributed by atoms with E-state index >= 15 is 0 Å². The average Bonchev–Trinajstić information content (AvgIpc) is 3.06. The van der Waals surface area contributed by atoms with Crippen LogP contribution in [0.3, 0.4) is 0 Å². The van der Waals surface area contributed by atoms with Crippen LogP contribution in [-0.2, 0) is 5.41 Å². The van der Waals surface area contributed by atoms with Gasteiger partial charge in [0.25, 0.3) is 0 Å². The van der Waals surface area contributed by atoms with Crippen molar-refractivity contribution in [2.24, 2.45) is 0 Å². The standard InChI is InChI=1S/C27H20.2C2H6/c1-27(2)25-16-19-9-4-3-8-18(19)15-24(25)23-14-13-21-20-10-6-5-7-17(20)11-12-22(21)26(23)27;2*1-2/h3-16H,1-2H3;2*1-2H3. The minimum absolute atomic E-state index is 0.00331. The molecule has 0 bridgehead atoms. The lowest BCUT2D eigenvalue weighted by Gasteiger charge is -2.23. The molecule has 0 aliphatic heterocycles. The average molecular weight is 405 g/mol. The minimum Gasteiger partial charge on any atom is -0.0683 e. The zero-order valence-corrected chi connectivity index (χ0v) is 19.6. The second kappa shape index (κ2) is 8.19. The van der Waals surface area contributed by atoms with Crippen molar-refractivity contribution >= 4 is 32.3 Å². The van der Waals surface area contributed by atoms with Gasteiger partial charge < -0.3 is 0 Å². The maximum atomic E-state index is 2.40. The van der Waals surface area contributed by atoms with Crippen LogP contribution in [0, 0.1) is 0 Å². The molecule has 0 fully saturated rings. The lowest BCUT2D eigenvalue weighted by atomic mass is 9.79. The molecule has 0 N–H and O–H groups in total. The van der Waals surface area contributed by atoms with Gasteiger partial charge in [-0.15, -0.1) is 0 Å². The third kappa shape index (κ3) is 3.13. The fraction of sp³-hybridized carbons (Fsp3) is 0.226. The van der Waals surface area contributed by atoms with Crippen molar-refractivity contribution in [2.45, 2.75) is 47.0 Å². The maximum Gasteiger partial charge on any atom is 0.0165 e. The molecule has 0 nitrogen and oxygen atoms in total. The summed E-state index contributed by atoms with van der Waals surface area (Å²) in [5.74, 6) is 0. The van der Waals surface area contributed by atoms with E-state index in [1.165, 1.54) is 54.6 Å². The minimum atomic E-state index is -0.00331. The molecule has 6 rings (SSSR count). The van der Waals surface area contributed by atoms with E-state index in [0.717, 1.165) is 0 Å². The topological polar surface area (TPSA) is 0 Å². The zero-order chi connectivity index (χ0) is 22.2. The highest BCUT2D eigenvalue weighted by Gasteiger charge is 2.37. The van der Waals surface area contributed by atoms with Gasteiger partial charge in [-0.25, -0.2) is 0 Å². The second-order valence-corrected chi connectivity index (χ2v) is 8.24. The van der Waals surface area contributed by atoms with E-state index in [1.807, 2.05) is 27.7 Å². The Balaban J connectivity index is 0.000000549. The zero-order valence-electron chi connectivity index (χ0n) is 19.6. The van der Waals surface area contributed by atoms with Crippen LogP contribution in [0.2, 0.25) is 0 Å². The SMILES string of the molecule is CC.CC.CC1(C)c2cc3ccccc3cc2-c2ccc3c(ccc4ccccc43)c21. The molecule has 0 amide bonds. The molecule has 0 unspecified atom stereocenters. The Morgan fingerprint density at radius 2 is 1.06 bits per heavy atom. The van der Waals surface area contributed by atoms with E-state index < -0.39 is 0 Å². The van der Waals surface area contributed by atoms with Crippen LogP contribution in [-0.4, -0.2) is 0 Å². The Labute approximate surface area is 186 Å². The Morgan fingerprint density at radius 3 is 1.77 bits per heavy atom. The Hall–Kier alpha value is -3.12. The first kappa shape index (κ1) is 21.1. The van der Waals surface area contributed by atoms with Crippen LogP contribution in [0.4, 0.5) is 0 Å². The summed E-state index contributed by atoms with van der Waals surface area (Å²) in [7, 11) is 0. The van der Waals surface area contributed by atoms with Crippen molar-refractivity contribution < 1.29 is 0 Å². The molecule has 5 aromatic rings. The Morgan fingerprint density at radius 1 is 0.484 bits per heavy atom. The third-order valence-corrected chi connectivity index (χ3v) is 6.40. The van der Waals surface area contributed by atoms with Crippen LogP contribution in [0.15, 0.2) is 84.9 Å². The van der Waals surface area contributed by atoms with Gasteiger partial charge in [-0.3, -0.25) is 0 Å². The monoisotopic (exact) mass is 404 g/mol. The smallest absolute Gasteiger partial charge is 0.0165 e. The molecular formula is C31H32. The molecule has 5 aromatic carbocycles. The summed E-state index contributed by atoms with van der Waals surface area (Å²) >= 11 is 0. The van der Waals surface area contributed by atoms with Gasteiger partial charge in [-0.2, -0.15) is 0 Å². The molecule has 0 spiro atoms. The number of hydrogen-bond donors (Lipinski definition) is 0. The first-order chi connectivity index (χ1) is 15.1. The largest absolute Gasteiger partial charge is 0.0683 e. The highest BCUT2D eigenvalue weighted by molar-refractivity contribution is 6.11. The van der Waals surface area contributed by atoms with Gasteiger partial charge in [0.2, 0.25) is 0 Å². The van der Waals surface area contributed by atoms with Gasteiger partial charge in [0, 0.05) is 5.41 Å². The fourth-order valence-electron chi connectivity index (χ4n) is 5.10. The molecule has 156 valence electrons. The van der Waals surface area contributed by atoms with Gasteiger partial charge in [0.1, 0.15) is 0 Å². The molecule has 1 aliphatic carbocycles. The highest BCUT2D eigenvalue weighted by Crippen LogP contribution is 2.52. The molecule has 31 heavy (non-hydrogen) atoms. The quantitative estimate of drug-likeness (QED) is 0.225. The van der Waals surface area contributed by atoms with Gasteiger partial charge in [-0.1, -0.05) is 114 Å². The summed E-state index contributed by atoms with van der Waals surface area (Å²) in [6, 6.07) is 31.4. The van der Waals surface area contributed by atoms with Crippen LogP contribution >= 0.6 is 0 Å². The molecule has 0 atom stereocenters. The van der Waals surface area contributed by atoms with E-state index in [2.05, 4.69) is 98.8 Å². The summed E-state index contributed by atoms with van der Waals surface area (Å²) in [6.07, 6.45) is 0. The number of rotatable bonds is 0. The van der Waals surface area contributed by atoms with Crippen LogP contribution in [0.25, 0.3) is 43.4 Å². The Kier molecular flexibility index (Phi) is 5.58. The summed E-state index contributed by atoms with van der Waals surface area (Å²) in [5, 5.41) is 8.04. The first-order valence-corrected chi connectivity index (χ1v) is 11.6. The van der Waals surface area contributed by atoms with E-state index in [0.29, 0.717) is 0 Å². The number of fused-ring (bicyclic) bond motifs is 8. The number of hydrogen-bond acceptors (Lipinski definition) is 0. The lowest BCUT2D eigenvalue weighted by molar-refractivity contribution is 0.667. The molecule has 0 heteroatoms. The Bertz CT molecular complexity index is 1390. The predicted octanol–water partition coefficient (Wildman–Crippen LogP) is 9.50. The molecule has 0 radical (unpaired) electrons. The second-order valence-electron chi connectivity index (χ2n) is 8.24. The molecule has 0 aromatic heterocycles. The summed E-state index contributed by atoms with van der Waals surface area (Å²) in [4.78, 5) is 0. The number of benzene rings is 5. The fourth-order valence-corrected chi connectivity index (χ4v) is 5.10.